The molecule has 0 saturated heterocycles. The van der Waals surface area contributed by atoms with E-state index in [9.17, 15) is 4.79 Å². The van der Waals surface area contributed by atoms with Gasteiger partial charge in [0.1, 0.15) is 4.88 Å². The number of hydrogen-bond donors (Lipinski definition) is 0. The minimum Gasteiger partial charge on any atom is -0.334 e. The fourth-order valence-electron chi connectivity index (χ4n) is 4.44. The first kappa shape index (κ1) is 24.7. The fourth-order valence-corrected chi connectivity index (χ4v) is 6.02. The molecule has 0 unspecified atom stereocenters. The van der Waals surface area contributed by atoms with Gasteiger partial charge in [-0.05, 0) is 73.4 Å². The lowest BCUT2D eigenvalue weighted by molar-refractivity contribution is 0.0743. The second kappa shape index (κ2) is 11.4. The molecule has 4 rings (SSSR count). The van der Waals surface area contributed by atoms with Crippen LogP contribution in [0, 0.1) is 6.92 Å². The van der Waals surface area contributed by atoms with Crippen molar-refractivity contribution in [1.29, 1.82) is 0 Å². The second-order valence-electron chi connectivity index (χ2n) is 8.89. The summed E-state index contributed by atoms with van der Waals surface area (Å²) in [5, 5.41) is 3.96. The van der Waals surface area contributed by atoms with Gasteiger partial charge in [-0.1, -0.05) is 74.0 Å². The highest BCUT2D eigenvalue weighted by molar-refractivity contribution is 7.21. The highest BCUT2D eigenvalue weighted by Crippen LogP contribution is 2.37. The van der Waals surface area contributed by atoms with Gasteiger partial charge >= 0.3 is 0 Å². The maximum atomic E-state index is 13.8. The van der Waals surface area contributed by atoms with Crippen molar-refractivity contribution < 1.29 is 4.79 Å². The van der Waals surface area contributed by atoms with Crippen LogP contribution >= 0.6 is 22.9 Å². The van der Waals surface area contributed by atoms with E-state index in [1.807, 2.05) is 11.0 Å². The second-order valence-corrected chi connectivity index (χ2v) is 10.3. The summed E-state index contributed by atoms with van der Waals surface area (Å²) >= 11 is 8.23. The maximum Gasteiger partial charge on any atom is 0.265 e. The number of amides is 1. The van der Waals surface area contributed by atoms with Gasteiger partial charge in [-0.25, -0.2) is 0 Å². The first-order valence-corrected chi connectivity index (χ1v) is 13.4. The summed E-state index contributed by atoms with van der Waals surface area (Å²) in [5.41, 5.74) is 2.32. The molecule has 178 valence electrons. The average molecular weight is 493 g/mol. The third-order valence-corrected chi connectivity index (χ3v) is 8.15. The summed E-state index contributed by atoms with van der Waals surface area (Å²) in [6.07, 6.45) is 2.04. The Morgan fingerprint density at radius 2 is 1.65 bits per heavy atom. The van der Waals surface area contributed by atoms with Crippen molar-refractivity contribution in [1.82, 2.24) is 9.80 Å². The van der Waals surface area contributed by atoms with Gasteiger partial charge in [0.15, 0.2) is 0 Å². The summed E-state index contributed by atoms with van der Waals surface area (Å²) in [6.45, 7) is 11.0. The average Bonchev–Trinajstić information content (AvgIpc) is 3.18. The molecule has 5 heteroatoms. The Morgan fingerprint density at radius 3 is 2.41 bits per heavy atom. The number of unbranched alkanes of at least 4 members (excludes halogenated alkanes) is 1. The molecule has 0 spiro atoms. The number of carbonyl (C=O) groups is 1. The molecule has 0 aliphatic heterocycles. The molecule has 0 bridgehead atoms. The Bertz CT molecular complexity index is 1280. The topological polar surface area (TPSA) is 23.6 Å². The van der Waals surface area contributed by atoms with Gasteiger partial charge in [-0.3, -0.25) is 4.79 Å². The molecule has 1 aromatic heterocycles. The molecule has 3 nitrogen and oxygen atoms in total. The number of benzene rings is 3. The number of rotatable bonds is 10. The Kier molecular flexibility index (Phi) is 8.25. The zero-order chi connectivity index (χ0) is 24.1. The van der Waals surface area contributed by atoms with Crippen LogP contribution in [0.2, 0.25) is 5.02 Å². The molecule has 0 aliphatic rings. The largest absolute Gasteiger partial charge is 0.334 e. The van der Waals surface area contributed by atoms with Crippen molar-refractivity contribution in [2.45, 2.75) is 40.2 Å². The first-order chi connectivity index (χ1) is 16.5. The van der Waals surface area contributed by atoms with Crippen LogP contribution in [0.15, 0.2) is 60.7 Å². The summed E-state index contributed by atoms with van der Waals surface area (Å²) in [4.78, 5) is 18.8. The van der Waals surface area contributed by atoms with Crippen LogP contribution in [0.5, 0.6) is 0 Å². The molecule has 0 fully saturated rings. The van der Waals surface area contributed by atoms with E-state index in [1.165, 1.54) is 27.7 Å². The Balaban J connectivity index is 1.58. The van der Waals surface area contributed by atoms with Crippen LogP contribution in [-0.4, -0.2) is 41.9 Å². The standard InChI is InChI=1S/C29H33ClN2OS/c1-4-31(5-2)16-8-9-17-32(20-22-13-14-23-10-6-7-11-24(23)19-22)29(33)28-27(30)25-15-12-21(3)18-26(25)34-28/h6-7,10-15,18-19H,4-5,8-9,16-17,20H2,1-3H3. The number of halogens is 1. The summed E-state index contributed by atoms with van der Waals surface area (Å²) in [6, 6.07) is 21.0. The van der Waals surface area contributed by atoms with Crippen LogP contribution < -0.4 is 0 Å². The molecule has 0 saturated carbocycles. The minimum absolute atomic E-state index is 0.0276. The zero-order valence-corrected chi connectivity index (χ0v) is 21.9. The lowest BCUT2D eigenvalue weighted by Crippen LogP contribution is -2.32. The number of carbonyl (C=O) groups excluding carboxylic acids is 1. The quantitative estimate of drug-likeness (QED) is 0.211. The van der Waals surface area contributed by atoms with E-state index in [-0.39, 0.29) is 5.91 Å². The van der Waals surface area contributed by atoms with Gasteiger partial charge < -0.3 is 9.80 Å². The molecule has 0 aliphatic carbocycles. The molecule has 0 N–H and O–H groups in total. The van der Waals surface area contributed by atoms with Crippen molar-refractivity contribution >= 4 is 49.7 Å². The van der Waals surface area contributed by atoms with E-state index >= 15 is 0 Å². The minimum atomic E-state index is 0.0276. The van der Waals surface area contributed by atoms with E-state index in [0.29, 0.717) is 16.4 Å². The van der Waals surface area contributed by atoms with E-state index in [1.54, 1.807) is 0 Å². The van der Waals surface area contributed by atoms with Crippen LogP contribution in [0.1, 0.15) is 47.5 Å². The lowest BCUT2D eigenvalue weighted by Gasteiger charge is -2.24. The Morgan fingerprint density at radius 1 is 0.912 bits per heavy atom. The molecular formula is C29H33ClN2OS. The molecule has 0 radical (unpaired) electrons. The molecule has 3 aromatic carbocycles. The third kappa shape index (κ3) is 5.63. The molecule has 1 heterocycles. The van der Waals surface area contributed by atoms with Crippen molar-refractivity contribution in [3.05, 3.63) is 81.7 Å². The van der Waals surface area contributed by atoms with Crippen molar-refractivity contribution in [3.8, 4) is 0 Å². The Hall–Kier alpha value is -2.40. The number of thiophene rings is 1. The molecule has 34 heavy (non-hydrogen) atoms. The predicted octanol–water partition coefficient (Wildman–Crippen LogP) is 7.78. The smallest absolute Gasteiger partial charge is 0.265 e. The van der Waals surface area contributed by atoms with Crippen molar-refractivity contribution in [2.75, 3.05) is 26.2 Å². The number of aryl methyl sites for hydroxylation is 1. The molecule has 1 amide bonds. The predicted molar refractivity (Wildman–Crippen MR) is 147 cm³/mol. The SMILES string of the molecule is CCN(CC)CCCCN(Cc1ccc2ccccc2c1)C(=O)c1sc2cc(C)ccc2c1Cl. The highest BCUT2D eigenvalue weighted by atomic mass is 35.5. The van der Waals surface area contributed by atoms with Crippen molar-refractivity contribution in [3.63, 3.8) is 0 Å². The lowest BCUT2D eigenvalue weighted by atomic mass is 10.1. The van der Waals surface area contributed by atoms with Crippen LogP contribution in [0.4, 0.5) is 0 Å². The highest BCUT2D eigenvalue weighted by Gasteiger charge is 2.23. The van der Waals surface area contributed by atoms with Gasteiger partial charge in [-0.15, -0.1) is 11.3 Å². The van der Waals surface area contributed by atoms with Gasteiger partial charge in [0.2, 0.25) is 0 Å². The van der Waals surface area contributed by atoms with Crippen LogP contribution in [0.25, 0.3) is 20.9 Å². The van der Waals surface area contributed by atoms with Crippen LogP contribution in [-0.2, 0) is 6.54 Å². The maximum absolute atomic E-state index is 13.8. The zero-order valence-electron chi connectivity index (χ0n) is 20.3. The van der Waals surface area contributed by atoms with Gasteiger partial charge in [-0.2, -0.15) is 0 Å². The first-order valence-electron chi connectivity index (χ1n) is 12.2. The summed E-state index contributed by atoms with van der Waals surface area (Å²) in [5.74, 6) is 0.0276. The molecular weight excluding hydrogens is 460 g/mol. The van der Waals surface area contributed by atoms with E-state index in [2.05, 4.69) is 80.3 Å². The Labute approximate surface area is 211 Å². The van der Waals surface area contributed by atoms with E-state index in [0.717, 1.165) is 54.7 Å². The fraction of sp³-hybridized carbons (Fsp3) is 0.345. The van der Waals surface area contributed by atoms with Gasteiger partial charge in [0.05, 0.1) is 5.02 Å². The van der Waals surface area contributed by atoms with Crippen LogP contribution in [0.3, 0.4) is 0 Å². The monoisotopic (exact) mass is 492 g/mol. The number of nitrogens with zero attached hydrogens (tertiary/aromatic N) is 2. The van der Waals surface area contributed by atoms with Gasteiger partial charge in [0, 0.05) is 23.2 Å². The van der Waals surface area contributed by atoms with E-state index in [4.69, 9.17) is 11.6 Å². The van der Waals surface area contributed by atoms with Gasteiger partial charge in [0.25, 0.3) is 5.91 Å². The summed E-state index contributed by atoms with van der Waals surface area (Å²) < 4.78 is 1.07. The normalized spacial score (nSPS) is 11.6. The third-order valence-electron chi connectivity index (χ3n) is 6.50. The summed E-state index contributed by atoms with van der Waals surface area (Å²) in [7, 11) is 0. The molecule has 4 aromatic rings. The number of hydrogen-bond acceptors (Lipinski definition) is 3. The van der Waals surface area contributed by atoms with Crippen molar-refractivity contribution in [2.24, 2.45) is 0 Å². The molecule has 0 atom stereocenters. The number of fused-ring (bicyclic) bond motifs is 2. The van der Waals surface area contributed by atoms with E-state index < -0.39 is 0 Å².